The summed E-state index contributed by atoms with van der Waals surface area (Å²) in [5.74, 6) is 0.824. The minimum Gasteiger partial charge on any atom is -0.341 e. The fourth-order valence-electron chi connectivity index (χ4n) is 2.39. The van der Waals surface area contributed by atoms with Crippen LogP contribution < -0.4 is 5.32 Å². The summed E-state index contributed by atoms with van der Waals surface area (Å²) in [5, 5.41) is 3.35. The van der Waals surface area contributed by atoms with E-state index < -0.39 is 0 Å². The van der Waals surface area contributed by atoms with Crippen molar-refractivity contribution in [3.63, 3.8) is 0 Å². The zero-order valence-corrected chi connectivity index (χ0v) is 11.7. The first-order valence-electron chi connectivity index (χ1n) is 7.22. The Bertz CT molecular complexity index is 222. The Morgan fingerprint density at radius 1 is 1.24 bits per heavy atom. The second kappa shape index (κ2) is 7.70. The van der Waals surface area contributed by atoms with Gasteiger partial charge in [0, 0.05) is 13.1 Å². The van der Waals surface area contributed by atoms with Gasteiger partial charge in [0.15, 0.2) is 0 Å². The lowest BCUT2D eigenvalue weighted by molar-refractivity contribution is -0.134. The molecule has 3 nitrogen and oxygen atoms in total. The lowest BCUT2D eigenvalue weighted by Gasteiger charge is -2.27. The number of carbonyl (C=O) groups is 1. The van der Waals surface area contributed by atoms with Crippen LogP contribution in [0.3, 0.4) is 0 Å². The highest BCUT2D eigenvalue weighted by molar-refractivity contribution is 5.82. The molecule has 0 saturated carbocycles. The van der Waals surface area contributed by atoms with Crippen LogP contribution >= 0.6 is 0 Å². The molecule has 0 aromatic rings. The van der Waals surface area contributed by atoms with Crippen molar-refractivity contribution in [2.45, 2.75) is 58.9 Å². The lowest BCUT2D eigenvalue weighted by atomic mass is 10.0. The van der Waals surface area contributed by atoms with E-state index in [1.54, 1.807) is 0 Å². The molecular formula is C14H28N2O. The van der Waals surface area contributed by atoms with E-state index in [1.807, 2.05) is 0 Å². The molecule has 100 valence electrons. The van der Waals surface area contributed by atoms with E-state index in [1.165, 1.54) is 0 Å². The molecule has 1 fully saturated rings. The maximum atomic E-state index is 12.4. The van der Waals surface area contributed by atoms with Crippen LogP contribution in [-0.4, -0.2) is 36.5 Å². The van der Waals surface area contributed by atoms with Crippen LogP contribution in [0, 0.1) is 5.92 Å². The van der Waals surface area contributed by atoms with Gasteiger partial charge in [-0.05, 0) is 31.7 Å². The van der Waals surface area contributed by atoms with Crippen molar-refractivity contribution in [1.82, 2.24) is 10.2 Å². The highest BCUT2D eigenvalue weighted by atomic mass is 16.2. The summed E-state index contributed by atoms with van der Waals surface area (Å²) >= 11 is 0. The molecule has 17 heavy (non-hydrogen) atoms. The van der Waals surface area contributed by atoms with Crippen molar-refractivity contribution >= 4 is 5.91 Å². The summed E-state index contributed by atoms with van der Waals surface area (Å²) in [6, 6.07) is 0.0729. The zero-order valence-electron chi connectivity index (χ0n) is 11.7. The van der Waals surface area contributed by atoms with E-state index in [-0.39, 0.29) is 6.04 Å². The molecule has 0 aromatic heterocycles. The van der Waals surface area contributed by atoms with Crippen LogP contribution in [0.2, 0.25) is 0 Å². The summed E-state index contributed by atoms with van der Waals surface area (Å²) < 4.78 is 0. The van der Waals surface area contributed by atoms with E-state index in [9.17, 15) is 4.79 Å². The minimum absolute atomic E-state index is 0.0729. The number of unbranched alkanes of at least 4 members (excludes halogenated alkanes) is 2. The third kappa shape index (κ3) is 4.30. The molecule has 1 heterocycles. The number of hydrogen-bond donors (Lipinski definition) is 1. The average Bonchev–Trinajstić information content (AvgIpc) is 2.75. The topological polar surface area (TPSA) is 32.3 Å². The molecular weight excluding hydrogens is 212 g/mol. The van der Waals surface area contributed by atoms with Crippen molar-refractivity contribution < 1.29 is 4.79 Å². The van der Waals surface area contributed by atoms with Gasteiger partial charge in [-0.15, -0.1) is 0 Å². The Balaban J connectivity index is 2.51. The molecule has 2 unspecified atom stereocenters. The van der Waals surface area contributed by atoms with Gasteiger partial charge in [0.05, 0.1) is 6.04 Å². The molecule has 0 aliphatic carbocycles. The third-order valence-corrected chi connectivity index (χ3v) is 3.67. The Hall–Kier alpha value is -0.570. The molecule has 1 N–H and O–H groups in total. The van der Waals surface area contributed by atoms with Crippen LogP contribution in [0.1, 0.15) is 52.9 Å². The molecule has 1 aliphatic rings. The van der Waals surface area contributed by atoms with Crippen LogP contribution in [0.15, 0.2) is 0 Å². The van der Waals surface area contributed by atoms with Gasteiger partial charge in [-0.3, -0.25) is 4.79 Å². The maximum absolute atomic E-state index is 12.4. The van der Waals surface area contributed by atoms with E-state index >= 15 is 0 Å². The van der Waals surface area contributed by atoms with Crippen LogP contribution in [0.5, 0.6) is 0 Å². The Morgan fingerprint density at radius 3 is 2.24 bits per heavy atom. The Morgan fingerprint density at radius 2 is 1.82 bits per heavy atom. The molecule has 1 aliphatic heterocycles. The molecule has 0 aromatic carbocycles. The van der Waals surface area contributed by atoms with Gasteiger partial charge in [0.1, 0.15) is 0 Å². The van der Waals surface area contributed by atoms with Gasteiger partial charge in [-0.25, -0.2) is 0 Å². The quantitative estimate of drug-likeness (QED) is 0.741. The van der Waals surface area contributed by atoms with Crippen molar-refractivity contribution in [2.24, 2.45) is 5.92 Å². The Labute approximate surface area is 106 Å². The smallest absolute Gasteiger partial charge is 0.239 e. The second-order valence-electron chi connectivity index (χ2n) is 5.23. The summed E-state index contributed by atoms with van der Waals surface area (Å²) in [5.41, 5.74) is 0. The maximum Gasteiger partial charge on any atom is 0.239 e. The van der Waals surface area contributed by atoms with Crippen molar-refractivity contribution in [1.29, 1.82) is 0 Å². The van der Waals surface area contributed by atoms with Crippen molar-refractivity contribution in [2.75, 3.05) is 19.6 Å². The molecule has 1 saturated heterocycles. The van der Waals surface area contributed by atoms with E-state index in [0.29, 0.717) is 11.8 Å². The molecule has 1 rings (SSSR count). The zero-order chi connectivity index (χ0) is 12.7. The van der Waals surface area contributed by atoms with Gasteiger partial charge < -0.3 is 10.2 Å². The lowest BCUT2D eigenvalue weighted by Crippen LogP contribution is -2.46. The van der Waals surface area contributed by atoms with E-state index in [4.69, 9.17) is 0 Å². The minimum atomic E-state index is 0.0729. The highest BCUT2D eigenvalue weighted by Gasteiger charge is 2.31. The largest absolute Gasteiger partial charge is 0.341 e. The average molecular weight is 240 g/mol. The summed E-state index contributed by atoms with van der Waals surface area (Å²) in [4.78, 5) is 14.5. The number of amides is 1. The monoisotopic (exact) mass is 240 g/mol. The van der Waals surface area contributed by atoms with Gasteiger partial charge in [-0.1, -0.05) is 33.6 Å². The SMILES string of the molecule is CCCCN(CCCC)C(=O)C1NCCC1C. The van der Waals surface area contributed by atoms with Crippen molar-refractivity contribution in [3.8, 4) is 0 Å². The molecule has 0 bridgehead atoms. The van der Waals surface area contributed by atoms with Crippen molar-refractivity contribution in [3.05, 3.63) is 0 Å². The first-order chi connectivity index (χ1) is 8.20. The van der Waals surface area contributed by atoms with Gasteiger partial charge in [-0.2, -0.15) is 0 Å². The standard InChI is InChI=1S/C14H28N2O/c1-4-6-10-16(11-7-5-2)14(17)13-12(3)8-9-15-13/h12-13,15H,4-11H2,1-3H3. The fraction of sp³-hybridized carbons (Fsp3) is 0.929. The molecule has 0 radical (unpaired) electrons. The van der Waals surface area contributed by atoms with E-state index in [0.717, 1.165) is 51.7 Å². The Kier molecular flexibility index (Phi) is 6.56. The predicted molar refractivity (Wildman–Crippen MR) is 72.0 cm³/mol. The number of hydrogen-bond acceptors (Lipinski definition) is 2. The van der Waals surface area contributed by atoms with Gasteiger partial charge in [0.2, 0.25) is 5.91 Å². The number of nitrogens with one attached hydrogen (secondary N) is 1. The molecule has 1 amide bonds. The molecule has 2 atom stereocenters. The number of nitrogens with zero attached hydrogens (tertiary/aromatic N) is 1. The predicted octanol–water partition coefficient (Wildman–Crippen LogP) is 2.41. The summed E-state index contributed by atoms with van der Waals surface area (Å²) in [6.45, 7) is 9.39. The normalized spacial score (nSPS) is 23.9. The first kappa shape index (κ1) is 14.5. The van der Waals surface area contributed by atoms with Crippen LogP contribution in [0.4, 0.5) is 0 Å². The van der Waals surface area contributed by atoms with Gasteiger partial charge >= 0.3 is 0 Å². The summed E-state index contributed by atoms with van der Waals surface area (Å²) in [6.07, 6.45) is 5.69. The second-order valence-corrected chi connectivity index (χ2v) is 5.23. The van der Waals surface area contributed by atoms with E-state index in [2.05, 4.69) is 31.0 Å². The number of rotatable bonds is 7. The van der Waals surface area contributed by atoms with Crippen LogP contribution in [-0.2, 0) is 4.79 Å². The van der Waals surface area contributed by atoms with Gasteiger partial charge in [0.25, 0.3) is 0 Å². The molecule has 3 heteroatoms. The summed E-state index contributed by atoms with van der Waals surface area (Å²) in [7, 11) is 0. The fourth-order valence-corrected chi connectivity index (χ4v) is 2.39. The highest BCUT2D eigenvalue weighted by Crippen LogP contribution is 2.17. The molecule has 0 spiro atoms. The first-order valence-corrected chi connectivity index (χ1v) is 7.22. The van der Waals surface area contributed by atoms with Crippen LogP contribution in [0.25, 0.3) is 0 Å². The number of carbonyl (C=O) groups excluding carboxylic acids is 1. The third-order valence-electron chi connectivity index (χ3n) is 3.67.